The van der Waals surface area contributed by atoms with E-state index in [-0.39, 0.29) is 18.0 Å². The van der Waals surface area contributed by atoms with Gasteiger partial charge in [0.15, 0.2) is 0 Å². The average molecular weight is 246 g/mol. The van der Waals surface area contributed by atoms with Crippen LogP contribution >= 0.6 is 0 Å². The van der Waals surface area contributed by atoms with Crippen LogP contribution in [0.2, 0.25) is 0 Å². The van der Waals surface area contributed by atoms with Crippen molar-refractivity contribution in [3.8, 4) is 5.75 Å². The Hall–Kier alpha value is -1.31. The first-order chi connectivity index (χ1) is 7.33. The minimum Gasteiger partial charge on any atom is -0.508 e. The van der Waals surface area contributed by atoms with Crippen LogP contribution in [0, 0.1) is 0 Å². The zero-order valence-corrected chi connectivity index (χ0v) is 9.53. The highest BCUT2D eigenvalue weighted by Gasteiger charge is 2.14. The second kappa shape index (κ2) is 4.69. The minimum absolute atomic E-state index is 0.0385. The Labute approximate surface area is 93.8 Å². The number of hydrogen-bond acceptors (Lipinski definition) is 5. The molecule has 0 fully saturated rings. The van der Waals surface area contributed by atoms with Crippen molar-refractivity contribution in [1.82, 2.24) is 0 Å². The number of hydrogen-bond donors (Lipinski definition) is 4. The largest absolute Gasteiger partial charge is 0.508 e. The summed E-state index contributed by atoms with van der Waals surface area (Å²) in [6.45, 7) is -0.0385. The third-order valence-electron chi connectivity index (χ3n) is 1.91. The lowest BCUT2D eigenvalue weighted by molar-refractivity contribution is 0.187. The van der Waals surface area contributed by atoms with E-state index in [1.54, 1.807) is 0 Å². The lowest BCUT2D eigenvalue weighted by atomic mass is 10.1. The van der Waals surface area contributed by atoms with Crippen molar-refractivity contribution in [1.29, 1.82) is 0 Å². The molecule has 1 atom stereocenters. The molecular formula is C9H14N2O4S. The van der Waals surface area contributed by atoms with Crippen LogP contribution in [0.3, 0.4) is 0 Å². The highest BCUT2D eigenvalue weighted by atomic mass is 32.2. The van der Waals surface area contributed by atoms with Crippen LogP contribution < -0.4 is 10.5 Å². The van der Waals surface area contributed by atoms with Crippen LogP contribution in [0.5, 0.6) is 5.75 Å². The lowest BCUT2D eigenvalue weighted by Crippen LogP contribution is -2.16. The van der Waals surface area contributed by atoms with Gasteiger partial charge in [-0.05, 0) is 6.07 Å². The summed E-state index contributed by atoms with van der Waals surface area (Å²) in [6, 6.07) is 3.98. The summed E-state index contributed by atoms with van der Waals surface area (Å²) < 4.78 is 24.3. The van der Waals surface area contributed by atoms with Crippen LogP contribution in [0.4, 0.5) is 5.69 Å². The van der Waals surface area contributed by atoms with Crippen molar-refractivity contribution in [2.75, 3.05) is 17.5 Å². The fourth-order valence-corrected chi connectivity index (χ4v) is 1.83. The van der Waals surface area contributed by atoms with Gasteiger partial charge >= 0.3 is 0 Å². The predicted molar refractivity (Wildman–Crippen MR) is 60.6 cm³/mol. The molecule has 0 aliphatic rings. The van der Waals surface area contributed by atoms with E-state index in [9.17, 15) is 18.6 Å². The Bertz CT molecular complexity index is 472. The molecule has 0 unspecified atom stereocenters. The first-order valence-corrected chi connectivity index (χ1v) is 6.41. The lowest BCUT2D eigenvalue weighted by Gasteiger charge is -2.14. The molecule has 1 aromatic rings. The molecular weight excluding hydrogens is 232 g/mol. The van der Waals surface area contributed by atoms with Crippen molar-refractivity contribution in [3.05, 3.63) is 23.8 Å². The molecule has 16 heavy (non-hydrogen) atoms. The van der Waals surface area contributed by atoms with Crippen LogP contribution in [0.15, 0.2) is 18.2 Å². The number of phenolic OH excluding ortho intramolecular Hbond substituents is 1. The number of nitrogens with two attached hydrogens (primary N) is 1. The van der Waals surface area contributed by atoms with E-state index in [4.69, 9.17) is 5.73 Å². The molecule has 0 bridgehead atoms. The van der Waals surface area contributed by atoms with Crippen molar-refractivity contribution < 1.29 is 18.6 Å². The van der Waals surface area contributed by atoms with Gasteiger partial charge in [0.1, 0.15) is 5.75 Å². The Balaban J connectivity index is 3.18. The van der Waals surface area contributed by atoms with Crippen LogP contribution in [0.1, 0.15) is 11.7 Å². The molecule has 7 heteroatoms. The molecule has 0 heterocycles. The average Bonchev–Trinajstić information content (AvgIpc) is 2.14. The van der Waals surface area contributed by atoms with Gasteiger partial charge in [0.2, 0.25) is 10.0 Å². The number of benzene rings is 1. The van der Waals surface area contributed by atoms with E-state index in [0.29, 0.717) is 5.56 Å². The molecule has 0 saturated carbocycles. The summed E-state index contributed by atoms with van der Waals surface area (Å²) in [5, 5.41) is 18.8. The summed E-state index contributed by atoms with van der Waals surface area (Å²) >= 11 is 0. The van der Waals surface area contributed by atoms with E-state index in [1.807, 2.05) is 0 Å². The maximum absolute atomic E-state index is 11.1. The predicted octanol–water partition coefficient (Wildman–Crippen LogP) is -0.244. The highest BCUT2D eigenvalue weighted by Crippen LogP contribution is 2.27. The summed E-state index contributed by atoms with van der Waals surface area (Å²) in [5.41, 5.74) is 5.74. The molecule has 0 amide bonds. The standard InChI is InChI=1S/C9H14N2O4S/c1-16(14,15)11-8-4-6(12)2-3-7(8)9(13)5-10/h2-4,9,11-13H,5,10H2,1H3/t9-/m0/s1. The Morgan fingerprint density at radius 1 is 1.50 bits per heavy atom. The number of rotatable bonds is 4. The fraction of sp³-hybridized carbons (Fsp3) is 0.333. The van der Waals surface area contributed by atoms with Gasteiger partial charge in [-0.25, -0.2) is 8.42 Å². The topological polar surface area (TPSA) is 113 Å². The Morgan fingerprint density at radius 2 is 2.12 bits per heavy atom. The van der Waals surface area contributed by atoms with E-state index in [0.717, 1.165) is 6.26 Å². The third-order valence-corrected chi connectivity index (χ3v) is 2.51. The van der Waals surface area contributed by atoms with Gasteiger partial charge in [0.05, 0.1) is 18.0 Å². The Kier molecular flexibility index (Phi) is 3.74. The third kappa shape index (κ3) is 3.37. The van der Waals surface area contributed by atoms with Gasteiger partial charge in [-0.15, -0.1) is 0 Å². The molecule has 0 saturated heterocycles. The molecule has 0 spiro atoms. The number of aromatic hydroxyl groups is 1. The molecule has 0 radical (unpaired) electrons. The van der Waals surface area contributed by atoms with Gasteiger partial charge in [-0.2, -0.15) is 0 Å². The first-order valence-electron chi connectivity index (χ1n) is 4.52. The van der Waals surface area contributed by atoms with Crippen LogP contribution in [-0.2, 0) is 10.0 Å². The molecule has 6 nitrogen and oxygen atoms in total. The normalized spacial score (nSPS) is 13.4. The van der Waals surface area contributed by atoms with Crippen LogP contribution in [0.25, 0.3) is 0 Å². The SMILES string of the molecule is CS(=O)(=O)Nc1cc(O)ccc1[C@@H](O)CN. The van der Waals surface area contributed by atoms with E-state index < -0.39 is 16.1 Å². The number of phenols is 1. The van der Waals surface area contributed by atoms with E-state index in [2.05, 4.69) is 4.72 Å². The van der Waals surface area contributed by atoms with Gasteiger partial charge in [0, 0.05) is 18.2 Å². The highest BCUT2D eigenvalue weighted by molar-refractivity contribution is 7.92. The molecule has 90 valence electrons. The molecule has 0 aromatic heterocycles. The zero-order chi connectivity index (χ0) is 12.3. The first kappa shape index (κ1) is 12.8. The van der Waals surface area contributed by atoms with Gasteiger partial charge < -0.3 is 15.9 Å². The molecule has 1 rings (SSSR count). The molecule has 0 aliphatic heterocycles. The smallest absolute Gasteiger partial charge is 0.229 e. The number of aliphatic hydroxyl groups is 1. The Morgan fingerprint density at radius 3 is 2.62 bits per heavy atom. The number of sulfonamides is 1. The van der Waals surface area contributed by atoms with Gasteiger partial charge in [-0.1, -0.05) is 6.07 Å². The summed E-state index contributed by atoms with van der Waals surface area (Å²) in [7, 11) is -3.47. The van der Waals surface area contributed by atoms with E-state index >= 15 is 0 Å². The molecule has 5 N–H and O–H groups in total. The fourth-order valence-electron chi connectivity index (χ4n) is 1.25. The zero-order valence-electron chi connectivity index (χ0n) is 8.71. The monoisotopic (exact) mass is 246 g/mol. The molecule has 1 aromatic carbocycles. The number of aliphatic hydroxyl groups excluding tert-OH is 1. The second-order valence-electron chi connectivity index (χ2n) is 3.40. The van der Waals surface area contributed by atoms with Gasteiger partial charge in [0.25, 0.3) is 0 Å². The summed E-state index contributed by atoms with van der Waals surface area (Å²) in [4.78, 5) is 0. The van der Waals surface area contributed by atoms with Gasteiger partial charge in [-0.3, -0.25) is 4.72 Å². The summed E-state index contributed by atoms with van der Waals surface area (Å²) in [5.74, 6) is -0.0980. The maximum atomic E-state index is 11.1. The quantitative estimate of drug-likeness (QED) is 0.585. The molecule has 0 aliphatic carbocycles. The second-order valence-corrected chi connectivity index (χ2v) is 5.15. The number of nitrogens with one attached hydrogen (secondary N) is 1. The van der Waals surface area contributed by atoms with Crippen molar-refractivity contribution >= 4 is 15.7 Å². The van der Waals surface area contributed by atoms with Crippen molar-refractivity contribution in [2.24, 2.45) is 5.73 Å². The van der Waals surface area contributed by atoms with E-state index in [1.165, 1.54) is 18.2 Å². The van der Waals surface area contributed by atoms with Crippen LogP contribution in [-0.4, -0.2) is 31.4 Å². The number of anilines is 1. The maximum Gasteiger partial charge on any atom is 0.229 e. The minimum atomic E-state index is -3.47. The van der Waals surface area contributed by atoms with Crippen molar-refractivity contribution in [2.45, 2.75) is 6.10 Å². The van der Waals surface area contributed by atoms with Crippen molar-refractivity contribution in [3.63, 3.8) is 0 Å². The summed E-state index contributed by atoms with van der Waals surface area (Å²) in [6.07, 6.45) is 0.000180.